The van der Waals surface area contributed by atoms with Crippen LogP contribution in [0, 0.1) is 0 Å². The Labute approximate surface area is 190 Å². The number of sulfonamides is 1. The van der Waals surface area contributed by atoms with Crippen LogP contribution in [0.3, 0.4) is 0 Å². The lowest BCUT2D eigenvalue weighted by Gasteiger charge is -2.40. The quantitative estimate of drug-likeness (QED) is 0.568. The number of nitrogens with one attached hydrogen (secondary N) is 1. The molecule has 4 rings (SSSR count). The van der Waals surface area contributed by atoms with Crippen molar-refractivity contribution in [1.29, 1.82) is 0 Å². The van der Waals surface area contributed by atoms with Crippen LogP contribution in [0.5, 0.6) is 5.75 Å². The van der Waals surface area contributed by atoms with Crippen LogP contribution in [0.1, 0.15) is 11.6 Å². The van der Waals surface area contributed by atoms with Crippen molar-refractivity contribution in [3.8, 4) is 5.75 Å². The van der Waals surface area contributed by atoms with Gasteiger partial charge in [0.25, 0.3) is 0 Å². The van der Waals surface area contributed by atoms with Gasteiger partial charge in [-0.2, -0.15) is 0 Å². The molecule has 1 aliphatic rings. The van der Waals surface area contributed by atoms with E-state index in [2.05, 4.69) is 38.8 Å². The third kappa shape index (κ3) is 5.30. The fourth-order valence-electron chi connectivity index (χ4n) is 4.09. The first-order valence-corrected chi connectivity index (χ1v) is 12.3. The van der Waals surface area contributed by atoms with Crippen molar-refractivity contribution < 1.29 is 13.2 Å². The van der Waals surface area contributed by atoms with Crippen LogP contribution in [0.2, 0.25) is 0 Å². The molecule has 0 bridgehead atoms. The van der Waals surface area contributed by atoms with Gasteiger partial charge in [-0.3, -0.25) is 4.90 Å². The van der Waals surface area contributed by atoms with Crippen molar-refractivity contribution in [3.05, 3.63) is 90.5 Å². The lowest BCUT2D eigenvalue weighted by atomic mass is 10.0. The summed E-state index contributed by atoms with van der Waals surface area (Å²) in [6.45, 7) is 3.77. The van der Waals surface area contributed by atoms with Crippen molar-refractivity contribution in [3.63, 3.8) is 0 Å². The fourth-order valence-corrected chi connectivity index (χ4v) is 5.15. The molecule has 0 aliphatic carbocycles. The van der Waals surface area contributed by atoms with Crippen molar-refractivity contribution >= 4 is 15.7 Å². The number of hydrogen-bond acceptors (Lipinski definition) is 5. The normalized spacial score (nSPS) is 16.0. The molecule has 0 spiro atoms. The van der Waals surface area contributed by atoms with Crippen LogP contribution in [-0.2, 0) is 10.0 Å². The first-order valence-electron chi connectivity index (χ1n) is 10.8. The molecule has 168 valence electrons. The van der Waals surface area contributed by atoms with Crippen LogP contribution >= 0.6 is 0 Å². The van der Waals surface area contributed by atoms with Crippen LogP contribution in [0.15, 0.2) is 89.8 Å². The smallest absolute Gasteiger partial charge is 0.240 e. The van der Waals surface area contributed by atoms with Gasteiger partial charge in [0.2, 0.25) is 10.0 Å². The van der Waals surface area contributed by atoms with E-state index < -0.39 is 10.0 Å². The van der Waals surface area contributed by atoms with E-state index in [1.54, 1.807) is 31.4 Å². The van der Waals surface area contributed by atoms with Gasteiger partial charge < -0.3 is 9.64 Å². The fraction of sp³-hybridized carbons (Fsp3) is 0.280. The molecule has 1 fully saturated rings. The third-order valence-electron chi connectivity index (χ3n) is 5.90. The maximum Gasteiger partial charge on any atom is 0.240 e. The summed E-state index contributed by atoms with van der Waals surface area (Å²) in [6.07, 6.45) is 0. The number of rotatable bonds is 8. The van der Waals surface area contributed by atoms with Gasteiger partial charge in [-0.25, -0.2) is 13.1 Å². The van der Waals surface area contributed by atoms with E-state index in [0.29, 0.717) is 6.54 Å². The van der Waals surface area contributed by atoms with Gasteiger partial charge >= 0.3 is 0 Å². The van der Waals surface area contributed by atoms with E-state index in [0.717, 1.165) is 37.5 Å². The van der Waals surface area contributed by atoms with Crippen LogP contribution in [0.4, 0.5) is 5.69 Å². The zero-order valence-corrected chi connectivity index (χ0v) is 19.0. The van der Waals surface area contributed by atoms with Crippen molar-refractivity contribution in [1.82, 2.24) is 9.62 Å². The summed E-state index contributed by atoms with van der Waals surface area (Å²) < 4.78 is 33.7. The summed E-state index contributed by atoms with van der Waals surface area (Å²) in [5.41, 5.74) is 2.28. The number of methoxy groups -OCH3 is 1. The second kappa shape index (κ2) is 10.2. The Bertz CT molecular complexity index is 1080. The van der Waals surface area contributed by atoms with Gasteiger partial charge in [0.1, 0.15) is 5.75 Å². The van der Waals surface area contributed by atoms with Crippen LogP contribution < -0.4 is 14.4 Å². The molecule has 1 heterocycles. The minimum atomic E-state index is -3.56. The maximum absolute atomic E-state index is 12.8. The third-order valence-corrected chi connectivity index (χ3v) is 7.34. The van der Waals surface area contributed by atoms with E-state index >= 15 is 0 Å². The van der Waals surface area contributed by atoms with Gasteiger partial charge in [-0.1, -0.05) is 48.5 Å². The predicted octanol–water partition coefficient (Wildman–Crippen LogP) is 3.54. The molecule has 0 radical (unpaired) electrons. The first kappa shape index (κ1) is 22.3. The van der Waals surface area contributed by atoms with E-state index in [9.17, 15) is 8.42 Å². The Balaban J connectivity index is 1.46. The molecule has 1 aliphatic heterocycles. The minimum absolute atomic E-state index is 0.0345. The Morgan fingerprint density at radius 1 is 0.844 bits per heavy atom. The molecular formula is C25H29N3O3S. The molecule has 3 aromatic rings. The molecule has 1 atom stereocenters. The first-order chi connectivity index (χ1) is 15.6. The number of hydrogen-bond donors (Lipinski definition) is 1. The molecule has 1 saturated heterocycles. The average molecular weight is 452 g/mol. The Kier molecular flexibility index (Phi) is 7.09. The zero-order valence-electron chi connectivity index (χ0n) is 18.2. The minimum Gasteiger partial charge on any atom is -0.497 e. The highest BCUT2D eigenvalue weighted by molar-refractivity contribution is 7.89. The number of nitrogens with zero attached hydrogens (tertiary/aromatic N) is 2. The van der Waals surface area contributed by atoms with Gasteiger partial charge in [0.15, 0.2) is 0 Å². The molecule has 0 unspecified atom stereocenters. The van der Waals surface area contributed by atoms with Gasteiger partial charge in [0.05, 0.1) is 12.0 Å². The molecule has 0 aromatic heterocycles. The van der Waals surface area contributed by atoms with E-state index in [-0.39, 0.29) is 10.9 Å². The number of ether oxygens (including phenoxy) is 1. The highest BCUT2D eigenvalue weighted by Crippen LogP contribution is 2.25. The second-order valence-electron chi connectivity index (χ2n) is 7.81. The maximum atomic E-state index is 12.8. The summed E-state index contributed by atoms with van der Waals surface area (Å²) in [5, 5.41) is 0. The SMILES string of the molecule is COc1ccc(N2CCN([C@H](CNS(=O)(=O)c3ccccc3)c3ccccc3)CC2)cc1. The Hall–Kier alpha value is -2.87. The van der Waals surface area contributed by atoms with Crippen molar-refractivity contribution in [2.45, 2.75) is 10.9 Å². The molecular weight excluding hydrogens is 422 g/mol. The summed E-state index contributed by atoms with van der Waals surface area (Å²) in [7, 11) is -1.89. The van der Waals surface area contributed by atoms with E-state index in [4.69, 9.17) is 4.74 Å². The van der Waals surface area contributed by atoms with Crippen molar-refractivity contribution in [2.24, 2.45) is 0 Å². The summed E-state index contributed by atoms with van der Waals surface area (Å²) in [4.78, 5) is 5.01. The molecule has 6 nitrogen and oxygen atoms in total. The van der Waals surface area contributed by atoms with Gasteiger partial charge in [-0.05, 0) is 42.0 Å². The largest absolute Gasteiger partial charge is 0.497 e. The highest BCUT2D eigenvalue weighted by atomic mass is 32.2. The standard InChI is InChI=1S/C25H29N3O3S/c1-31-23-14-12-22(13-15-23)27-16-18-28(19-17-27)25(21-8-4-2-5-9-21)20-26-32(29,30)24-10-6-3-7-11-24/h2-15,25-26H,16-20H2,1H3/t25-/m1/s1. The number of piperazine rings is 1. The Morgan fingerprint density at radius 3 is 2.03 bits per heavy atom. The lowest BCUT2D eigenvalue weighted by Crippen LogP contribution is -2.49. The van der Waals surface area contributed by atoms with Crippen LogP contribution in [-0.4, -0.2) is 53.2 Å². The van der Waals surface area contributed by atoms with Crippen molar-refractivity contribution in [2.75, 3.05) is 44.7 Å². The zero-order chi connectivity index (χ0) is 22.4. The molecule has 0 saturated carbocycles. The van der Waals surface area contributed by atoms with Crippen LogP contribution in [0.25, 0.3) is 0 Å². The monoisotopic (exact) mass is 451 g/mol. The molecule has 32 heavy (non-hydrogen) atoms. The number of benzene rings is 3. The summed E-state index contributed by atoms with van der Waals surface area (Å²) >= 11 is 0. The van der Waals surface area contributed by atoms with Gasteiger partial charge in [-0.15, -0.1) is 0 Å². The van der Waals surface area contributed by atoms with E-state index in [1.165, 1.54) is 5.69 Å². The lowest BCUT2D eigenvalue weighted by molar-refractivity contribution is 0.187. The van der Waals surface area contributed by atoms with E-state index in [1.807, 2.05) is 36.4 Å². The number of anilines is 1. The van der Waals surface area contributed by atoms with Gasteiger partial charge in [0, 0.05) is 44.5 Å². The topological polar surface area (TPSA) is 61.9 Å². The summed E-state index contributed by atoms with van der Waals surface area (Å²) in [5.74, 6) is 0.849. The molecule has 1 N–H and O–H groups in total. The molecule has 7 heteroatoms. The highest BCUT2D eigenvalue weighted by Gasteiger charge is 2.27. The molecule has 0 amide bonds. The summed E-state index contributed by atoms with van der Waals surface area (Å²) in [6, 6.07) is 26.7. The predicted molar refractivity (Wildman–Crippen MR) is 128 cm³/mol. The Morgan fingerprint density at radius 2 is 1.44 bits per heavy atom. The molecule has 3 aromatic carbocycles. The average Bonchev–Trinajstić information content (AvgIpc) is 2.86. The second-order valence-corrected chi connectivity index (χ2v) is 9.58.